The van der Waals surface area contributed by atoms with E-state index in [4.69, 9.17) is 10.00 Å². The molecule has 1 aromatic rings. The van der Waals surface area contributed by atoms with E-state index in [0.717, 1.165) is 0 Å². The number of sulfonamides is 1. The molecule has 8 nitrogen and oxygen atoms in total. The molecule has 1 aliphatic rings. The molecule has 0 atom stereocenters. The van der Waals surface area contributed by atoms with Crippen molar-refractivity contribution in [2.75, 3.05) is 33.4 Å². The van der Waals surface area contributed by atoms with Crippen molar-refractivity contribution in [3.05, 3.63) is 29.8 Å². The molecule has 1 heterocycles. The van der Waals surface area contributed by atoms with Crippen molar-refractivity contribution in [3.63, 3.8) is 0 Å². The van der Waals surface area contributed by atoms with Crippen molar-refractivity contribution < 1.29 is 17.9 Å². The number of urea groups is 1. The van der Waals surface area contributed by atoms with Crippen molar-refractivity contribution in [1.82, 2.24) is 14.9 Å². The smallest absolute Gasteiger partial charge is 0.317 e. The molecular formula is C18H26N4O4S. The summed E-state index contributed by atoms with van der Waals surface area (Å²) in [4.78, 5) is 13.8. The van der Waals surface area contributed by atoms with Crippen LogP contribution in [0.5, 0.6) is 0 Å². The predicted molar refractivity (Wildman–Crippen MR) is 101 cm³/mol. The van der Waals surface area contributed by atoms with E-state index in [1.165, 1.54) is 24.3 Å². The van der Waals surface area contributed by atoms with E-state index >= 15 is 0 Å². The number of likely N-dealkylation sites (tertiary alicyclic amines) is 1. The molecule has 9 heteroatoms. The normalized spacial score (nSPS) is 16.6. The minimum Gasteiger partial charge on any atom is -0.385 e. The topological polar surface area (TPSA) is 112 Å². The third-order valence-electron chi connectivity index (χ3n) is 4.77. The average molecular weight is 394 g/mol. The summed E-state index contributed by atoms with van der Waals surface area (Å²) in [6, 6.07) is 7.65. The number of nitrogens with one attached hydrogen (secondary N) is 2. The number of hydrogen-bond donors (Lipinski definition) is 2. The van der Waals surface area contributed by atoms with Gasteiger partial charge in [0.1, 0.15) is 0 Å². The monoisotopic (exact) mass is 394 g/mol. The molecule has 27 heavy (non-hydrogen) atoms. The summed E-state index contributed by atoms with van der Waals surface area (Å²) in [6.07, 6.45) is 1.52. The van der Waals surface area contributed by atoms with Crippen LogP contribution in [0.15, 0.2) is 29.2 Å². The Morgan fingerprint density at radius 2 is 1.93 bits per heavy atom. The lowest BCUT2D eigenvalue weighted by Crippen LogP contribution is -2.57. The number of rotatable bonds is 7. The highest BCUT2D eigenvalue weighted by Gasteiger charge is 2.39. The molecule has 2 amide bonds. The van der Waals surface area contributed by atoms with Crippen LogP contribution in [0.4, 0.5) is 4.79 Å². The first-order chi connectivity index (χ1) is 12.9. The van der Waals surface area contributed by atoms with Gasteiger partial charge in [-0.2, -0.15) is 5.26 Å². The van der Waals surface area contributed by atoms with Gasteiger partial charge >= 0.3 is 6.03 Å². The van der Waals surface area contributed by atoms with Gasteiger partial charge in [-0.05, 0) is 50.5 Å². The number of piperidine rings is 1. The first kappa shape index (κ1) is 21.2. The van der Waals surface area contributed by atoms with Crippen LogP contribution in [-0.4, -0.2) is 58.2 Å². The number of nitriles is 1. The van der Waals surface area contributed by atoms with Gasteiger partial charge < -0.3 is 15.0 Å². The second-order valence-electron chi connectivity index (χ2n) is 6.59. The van der Waals surface area contributed by atoms with E-state index in [1.807, 2.05) is 13.0 Å². The van der Waals surface area contributed by atoms with Gasteiger partial charge in [-0.1, -0.05) is 0 Å². The Bertz CT molecular complexity index is 779. The van der Waals surface area contributed by atoms with Crippen LogP contribution in [0.2, 0.25) is 0 Å². The zero-order chi connectivity index (χ0) is 19.9. The minimum atomic E-state index is -3.76. The Balaban J connectivity index is 2.16. The molecule has 0 bridgehead atoms. The van der Waals surface area contributed by atoms with Gasteiger partial charge in [-0.15, -0.1) is 0 Å². The molecule has 1 aliphatic heterocycles. The first-order valence-electron chi connectivity index (χ1n) is 8.91. The fraction of sp³-hybridized carbons (Fsp3) is 0.556. The van der Waals surface area contributed by atoms with Crippen LogP contribution in [0, 0.1) is 11.3 Å². The number of amides is 2. The minimum absolute atomic E-state index is 0.115. The first-order valence-corrected chi connectivity index (χ1v) is 10.4. The van der Waals surface area contributed by atoms with Crippen LogP contribution in [-0.2, 0) is 14.8 Å². The van der Waals surface area contributed by atoms with E-state index in [-0.39, 0.29) is 10.9 Å². The van der Waals surface area contributed by atoms with E-state index in [0.29, 0.717) is 51.1 Å². The Morgan fingerprint density at radius 3 is 2.44 bits per heavy atom. The molecule has 0 spiro atoms. The summed E-state index contributed by atoms with van der Waals surface area (Å²) in [7, 11) is -2.18. The molecule has 148 valence electrons. The molecule has 0 aliphatic carbocycles. The highest BCUT2D eigenvalue weighted by atomic mass is 32.2. The lowest BCUT2D eigenvalue weighted by molar-refractivity contribution is 0.115. The van der Waals surface area contributed by atoms with Crippen molar-refractivity contribution in [1.29, 1.82) is 5.26 Å². The van der Waals surface area contributed by atoms with Gasteiger partial charge in [-0.25, -0.2) is 17.9 Å². The Morgan fingerprint density at radius 1 is 1.30 bits per heavy atom. The zero-order valence-electron chi connectivity index (χ0n) is 15.7. The zero-order valence-corrected chi connectivity index (χ0v) is 16.5. The van der Waals surface area contributed by atoms with Crippen molar-refractivity contribution in [2.45, 2.75) is 36.6 Å². The predicted octanol–water partition coefficient (Wildman–Crippen LogP) is 1.44. The van der Waals surface area contributed by atoms with Gasteiger partial charge in [0.15, 0.2) is 0 Å². The van der Waals surface area contributed by atoms with Crippen molar-refractivity contribution >= 4 is 16.1 Å². The number of carbonyl (C=O) groups excluding carboxylic acids is 1. The van der Waals surface area contributed by atoms with Crippen LogP contribution in [0.1, 0.15) is 31.7 Å². The van der Waals surface area contributed by atoms with Crippen LogP contribution < -0.4 is 10.0 Å². The summed E-state index contributed by atoms with van der Waals surface area (Å²) in [5, 5.41) is 11.6. The molecule has 0 aromatic heterocycles. The average Bonchev–Trinajstić information content (AvgIpc) is 2.67. The van der Waals surface area contributed by atoms with Crippen molar-refractivity contribution in [2.24, 2.45) is 0 Å². The molecule has 0 saturated carbocycles. The standard InChI is InChI=1S/C18H26N4O4S/c1-3-20-17(23)22-11-8-18(9-12-22,10-13-26-2)21-27(24,25)16-6-4-15(14-19)5-7-16/h4-7,21H,3,8-13H2,1-2H3,(H,20,23). The molecule has 1 aromatic carbocycles. The summed E-state index contributed by atoms with van der Waals surface area (Å²) < 4.78 is 33.7. The summed E-state index contributed by atoms with van der Waals surface area (Å²) in [5.41, 5.74) is -0.274. The molecule has 0 radical (unpaired) electrons. The number of benzene rings is 1. The lowest BCUT2D eigenvalue weighted by Gasteiger charge is -2.42. The second-order valence-corrected chi connectivity index (χ2v) is 8.27. The maximum atomic E-state index is 12.9. The van der Waals surface area contributed by atoms with Crippen LogP contribution in [0.3, 0.4) is 0 Å². The quantitative estimate of drug-likeness (QED) is 0.727. The summed E-state index contributed by atoms with van der Waals surface area (Å²) in [6.45, 7) is 3.75. The fourth-order valence-electron chi connectivity index (χ4n) is 3.15. The van der Waals surface area contributed by atoms with Crippen LogP contribution >= 0.6 is 0 Å². The molecule has 1 fully saturated rings. The van der Waals surface area contributed by atoms with E-state index < -0.39 is 15.6 Å². The lowest BCUT2D eigenvalue weighted by atomic mass is 9.86. The number of methoxy groups -OCH3 is 1. The van der Waals surface area contributed by atoms with Crippen LogP contribution in [0.25, 0.3) is 0 Å². The molecule has 0 unspecified atom stereocenters. The molecule has 2 N–H and O–H groups in total. The number of hydrogen-bond acceptors (Lipinski definition) is 5. The van der Waals surface area contributed by atoms with Gasteiger partial charge in [0.25, 0.3) is 0 Å². The fourth-order valence-corrected chi connectivity index (χ4v) is 4.64. The Hall–Kier alpha value is -2.15. The number of ether oxygens (including phenoxy) is 1. The highest BCUT2D eigenvalue weighted by Crippen LogP contribution is 2.28. The Labute approximate surface area is 160 Å². The molecule has 1 saturated heterocycles. The van der Waals surface area contributed by atoms with Gasteiger partial charge in [0, 0.05) is 38.9 Å². The third kappa shape index (κ3) is 5.42. The third-order valence-corrected chi connectivity index (χ3v) is 6.36. The van der Waals surface area contributed by atoms with Gasteiger partial charge in [0.2, 0.25) is 10.0 Å². The summed E-state index contributed by atoms with van der Waals surface area (Å²) in [5.74, 6) is 0. The second kappa shape index (κ2) is 9.17. The number of carbonyl (C=O) groups is 1. The van der Waals surface area contributed by atoms with E-state index in [9.17, 15) is 13.2 Å². The maximum Gasteiger partial charge on any atom is 0.317 e. The Kier molecular flexibility index (Phi) is 7.18. The number of nitrogens with zero attached hydrogens (tertiary/aromatic N) is 2. The molecule has 2 rings (SSSR count). The summed E-state index contributed by atoms with van der Waals surface area (Å²) >= 11 is 0. The van der Waals surface area contributed by atoms with Crippen molar-refractivity contribution in [3.8, 4) is 6.07 Å². The van der Waals surface area contributed by atoms with Gasteiger partial charge in [0.05, 0.1) is 16.5 Å². The van der Waals surface area contributed by atoms with Gasteiger partial charge in [-0.3, -0.25) is 0 Å². The maximum absolute atomic E-state index is 12.9. The molecular weight excluding hydrogens is 368 g/mol. The highest BCUT2D eigenvalue weighted by molar-refractivity contribution is 7.89. The SMILES string of the molecule is CCNC(=O)N1CCC(CCOC)(NS(=O)(=O)c2ccc(C#N)cc2)CC1. The largest absolute Gasteiger partial charge is 0.385 e. The van der Waals surface area contributed by atoms with E-state index in [1.54, 1.807) is 12.0 Å². The van der Waals surface area contributed by atoms with E-state index in [2.05, 4.69) is 10.0 Å².